The summed E-state index contributed by atoms with van der Waals surface area (Å²) in [5.74, 6) is -2.80. The molecule has 0 aliphatic carbocycles. The molecule has 0 saturated carbocycles. The van der Waals surface area contributed by atoms with Crippen LogP contribution in [0, 0.1) is 0 Å². The highest BCUT2D eigenvalue weighted by molar-refractivity contribution is 5.90. The van der Waals surface area contributed by atoms with E-state index in [9.17, 15) is 50.1 Å². The fourth-order valence-corrected chi connectivity index (χ4v) is 4.55. The average Bonchev–Trinajstić information content (AvgIpc) is 3.00. The van der Waals surface area contributed by atoms with E-state index in [1.807, 2.05) is 0 Å². The van der Waals surface area contributed by atoms with Crippen LogP contribution in [0.25, 0.3) is 0 Å². The van der Waals surface area contributed by atoms with Crippen LogP contribution in [0.5, 0.6) is 0 Å². The summed E-state index contributed by atoms with van der Waals surface area (Å²) in [6, 6.07) is 6.08. The van der Waals surface area contributed by atoms with E-state index < -0.39 is 111 Å². The van der Waals surface area contributed by atoms with E-state index in [0.29, 0.717) is 5.56 Å². The lowest BCUT2D eigenvalue weighted by atomic mass is 9.98. The van der Waals surface area contributed by atoms with Gasteiger partial charge in [-0.2, -0.15) is 0 Å². The predicted molar refractivity (Wildman–Crippen MR) is 139 cm³/mol. The van der Waals surface area contributed by atoms with Gasteiger partial charge in [0, 0.05) is 6.42 Å². The molecular weight excluding hydrogens is 580 g/mol. The van der Waals surface area contributed by atoms with Crippen molar-refractivity contribution < 1.29 is 73.8 Å². The first kappa shape index (κ1) is 34.7. The maximum absolute atomic E-state index is 12.7. The van der Waals surface area contributed by atoms with Crippen molar-refractivity contribution in [1.29, 1.82) is 0 Å². The van der Waals surface area contributed by atoms with E-state index in [1.165, 1.54) is 0 Å². The fourth-order valence-electron chi connectivity index (χ4n) is 4.55. The highest BCUT2D eigenvalue weighted by Crippen LogP contribution is 2.29. The van der Waals surface area contributed by atoms with Crippen molar-refractivity contribution in [3.63, 3.8) is 0 Å². The Hall–Kier alpha value is -2.81. The zero-order valence-corrected chi connectivity index (χ0v) is 23.1. The molecule has 2 aliphatic heterocycles. The first-order chi connectivity index (χ1) is 20.4. The molecule has 12 atom stereocenters. The Labute approximate surface area is 245 Å². The van der Waals surface area contributed by atoms with E-state index in [-0.39, 0.29) is 6.42 Å². The number of hydrogen-bond acceptors (Lipinski definition) is 16. The average molecular weight is 619 g/mol. The molecule has 2 heterocycles. The van der Waals surface area contributed by atoms with Crippen molar-refractivity contribution in [3.8, 4) is 0 Å². The topological polar surface area (TPSA) is 277 Å². The van der Waals surface area contributed by atoms with Gasteiger partial charge in [-0.05, 0) is 5.56 Å². The summed E-state index contributed by atoms with van der Waals surface area (Å²) in [6.45, 7) is -1.60. The molecule has 2 aliphatic rings. The summed E-state index contributed by atoms with van der Waals surface area (Å²) in [7, 11) is 1.14. The van der Waals surface area contributed by atoms with Crippen molar-refractivity contribution in [3.05, 3.63) is 35.9 Å². The standard InChI is InChI=1S/C26H38N2O15/c1-39-24(38)13(7-11-5-3-2-4-6-11)28-23(37)12(27)8-16(31)42-22-18(33)15(10-30)41-26(21(22)36)43-25-20(35)19(34)17(32)14(9-29)40-25/h2-6,12-15,17-22,25-26,29-30,32-36H,7-10,27H2,1H3,(H,28,37)/t12?,13?,14-,15-,17-,18-,19+,20-,21-,22+,25-,26-/m1/s1. The Bertz CT molecular complexity index is 1060. The van der Waals surface area contributed by atoms with Crippen LogP contribution in [-0.4, -0.2) is 147 Å². The summed E-state index contributed by atoms with van der Waals surface area (Å²) < 4.78 is 25.8. The lowest BCUT2D eigenvalue weighted by Crippen LogP contribution is -2.64. The molecule has 0 bridgehead atoms. The van der Waals surface area contributed by atoms with Gasteiger partial charge in [-0.25, -0.2) is 4.79 Å². The first-order valence-corrected chi connectivity index (χ1v) is 13.4. The molecule has 242 valence electrons. The number of rotatable bonds is 12. The van der Waals surface area contributed by atoms with Crippen molar-refractivity contribution in [1.82, 2.24) is 5.32 Å². The number of hydrogen-bond donors (Lipinski definition) is 9. The van der Waals surface area contributed by atoms with Crippen LogP contribution in [0.2, 0.25) is 0 Å². The molecule has 17 nitrogen and oxygen atoms in total. The molecule has 0 radical (unpaired) electrons. The van der Waals surface area contributed by atoms with Gasteiger partial charge in [0.2, 0.25) is 5.91 Å². The molecule has 43 heavy (non-hydrogen) atoms. The largest absolute Gasteiger partial charge is 0.467 e. The number of methoxy groups -OCH3 is 1. The van der Waals surface area contributed by atoms with Gasteiger partial charge in [-0.3, -0.25) is 9.59 Å². The number of carbonyl (C=O) groups is 3. The molecule has 3 rings (SSSR count). The van der Waals surface area contributed by atoms with Gasteiger partial charge in [-0.1, -0.05) is 30.3 Å². The third-order valence-corrected chi connectivity index (χ3v) is 7.01. The number of benzene rings is 1. The van der Waals surface area contributed by atoms with Gasteiger partial charge < -0.3 is 70.5 Å². The normalized spacial score (nSPS) is 34.1. The minimum Gasteiger partial charge on any atom is -0.467 e. The monoisotopic (exact) mass is 618 g/mol. The Balaban J connectivity index is 1.63. The summed E-state index contributed by atoms with van der Waals surface area (Å²) in [5, 5.41) is 72.9. The van der Waals surface area contributed by atoms with Crippen LogP contribution < -0.4 is 11.1 Å². The van der Waals surface area contributed by atoms with Crippen LogP contribution in [0.15, 0.2) is 30.3 Å². The van der Waals surface area contributed by atoms with Gasteiger partial charge in [0.25, 0.3) is 0 Å². The minimum absolute atomic E-state index is 0.0786. The summed E-state index contributed by atoms with van der Waals surface area (Å²) >= 11 is 0. The van der Waals surface area contributed by atoms with E-state index in [2.05, 4.69) is 5.32 Å². The third-order valence-electron chi connectivity index (χ3n) is 7.01. The number of nitrogens with one attached hydrogen (secondary N) is 1. The molecule has 1 aromatic rings. The Morgan fingerprint density at radius 1 is 0.884 bits per heavy atom. The van der Waals surface area contributed by atoms with Crippen molar-refractivity contribution >= 4 is 17.8 Å². The van der Waals surface area contributed by atoms with Crippen molar-refractivity contribution in [2.24, 2.45) is 5.73 Å². The number of aliphatic hydroxyl groups is 7. The van der Waals surface area contributed by atoms with Crippen LogP contribution in [0.4, 0.5) is 0 Å². The molecule has 1 amide bonds. The molecule has 2 saturated heterocycles. The number of carbonyl (C=O) groups excluding carboxylic acids is 3. The van der Waals surface area contributed by atoms with Gasteiger partial charge in [0.1, 0.15) is 48.8 Å². The second kappa shape index (κ2) is 15.8. The summed E-state index contributed by atoms with van der Waals surface area (Å²) in [5.41, 5.74) is 6.57. The summed E-state index contributed by atoms with van der Waals surface area (Å²) in [6.07, 6.45) is -18.0. The van der Waals surface area contributed by atoms with Gasteiger partial charge in [-0.15, -0.1) is 0 Å². The van der Waals surface area contributed by atoms with Gasteiger partial charge in [0.05, 0.1) is 32.8 Å². The lowest BCUT2D eigenvalue weighted by Gasteiger charge is -2.45. The fraction of sp³-hybridized carbons (Fsp3) is 0.654. The van der Waals surface area contributed by atoms with Gasteiger partial charge in [0.15, 0.2) is 18.7 Å². The van der Waals surface area contributed by atoms with Crippen LogP contribution in [0.1, 0.15) is 12.0 Å². The Morgan fingerprint density at radius 2 is 1.47 bits per heavy atom. The lowest BCUT2D eigenvalue weighted by molar-refractivity contribution is -0.376. The number of nitrogens with two attached hydrogens (primary N) is 1. The highest BCUT2D eigenvalue weighted by Gasteiger charge is 2.51. The van der Waals surface area contributed by atoms with Gasteiger partial charge >= 0.3 is 11.9 Å². The summed E-state index contributed by atoms with van der Waals surface area (Å²) in [4.78, 5) is 37.6. The van der Waals surface area contributed by atoms with Crippen molar-refractivity contribution in [2.75, 3.05) is 20.3 Å². The molecule has 2 fully saturated rings. The molecule has 10 N–H and O–H groups in total. The number of amides is 1. The third kappa shape index (κ3) is 8.64. The van der Waals surface area contributed by atoms with Crippen LogP contribution in [0.3, 0.4) is 0 Å². The number of ether oxygens (including phenoxy) is 5. The SMILES string of the molecule is COC(=O)C(Cc1ccccc1)NC(=O)C(N)CC(=O)O[C@@H]1[C@@H](O)[C@@H](O[C@H]2O[C@H](CO)[C@@H](O)[C@H](O)[C@H]2O)O[C@H](CO)[C@H]1O. The van der Waals surface area contributed by atoms with E-state index in [1.54, 1.807) is 30.3 Å². The first-order valence-electron chi connectivity index (χ1n) is 13.4. The molecule has 17 heteroatoms. The Kier molecular flexibility index (Phi) is 12.7. The molecule has 0 spiro atoms. The number of esters is 2. The Morgan fingerprint density at radius 3 is 2.05 bits per heavy atom. The smallest absolute Gasteiger partial charge is 0.328 e. The van der Waals surface area contributed by atoms with Crippen molar-refractivity contribution in [2.45, 2.75) is 86.3 Å². The molecular formula is C26H38N2O15. The van der Waals surface area contributed by atoms with Crippen LogP contribution >= 0.6 is 0 Å². The van der Waals surface area contributed by atoms with E-state index in [4.69, 9.17) is 29.4 Å². The molecule has 0 aromatic heterocycles. The molecule has 2 unspecified atom stereocenters. The maximum atomic E-state index is 12.7. The zero-order valence-electron chi connectivity index (χ0n) is 23.1. The minimum atomic E-state index is -1.96. The second-order valence-corrected chi connectivity index (χ2v) is 10.1. The van der Waals surface area contributed by atoms with E-state index >= 15 is 0 Å². The molecule has 1 aromatic carbocycles. The number of aliphatic hydroxyl groups excluding tert-OH is 7. The second-order valence-electron chi connectivity index (χ2n) is 10.1. The highest BCUT2D eigenvalue weighted by atomic mass is 16.8. The maximum Gasteiger partial charge on any atom is 0.328 e. The van der Waals surface area contributed by atoms with Crippen LogP contribution in [-0.2, 0) is 44.5 Å². The van der Waals surface area contributed by atoms with E-state index in [0.717, 1.165) is 7.11 Å². The predicted octanol–water partition coefficient (Wildman–Crippen LogP) is -5.23. The zero-order chi connectivity index (χ0) is 31.8. The quantitative estimate of drug-likeness (QED) is 0.0990.